The molecule has 132 valence electrons. The number of carbonyl (C=O) groups excluding carboxylic acids is 1. The van der Waals surface area contributed by atoms with E-state index < -0.39 is 16.6 Å². The van der Waals surface area contributed by atoms with E-state index in [2.05, 4.69) is 5.32 Å². The highest BCUT2D eigenvalue weighted by atomic mass is 16.6. The van der Waals surface area contributed by atoms with E-state index in [1.807, 2.05) is 0 Å². The van der Waals surface area contributed by atoms with Gasteiger partial charge in [-0.1, -0.05) is 0 Å². The monoisotopic (exact) mass is 338 g/mol. The van der Waals surface area contributed by atoms with Crippen LogP contribution in [0.3, 0.4) is 0 Å². The summed E-state index contributed by atoms with van der Waals surface area (Å²) in [5.41, 5.74) is -0.603. The van der Waals surface area contributed by atoms with Crippen LogP contribution in [0.4, 0.5) is 16.2 Å². The number of ether oxygens (including phenoxy) is 1. The van der Waals surface area contributed by atoms with E-state index in [4.69, 9.17) is 4.74 Å². The van der Waals surface area contributed by atoms with Crippen molar-refractivity contribution in [3.63, 3.8) is 0 Å². The standard InChI is InChI=1S/C15H22N4O5/c1-15(2,3)24-14(20)17-7-4-5-11(9-17)16-12-10-18(21)8-6-13(12)19(22)23/h6,8,10-11,16H,4-5,7,9H2,1-3H3. The third-order valence-corrected chi connectivity index (χ3v) is 3.54. The zero-order valence-corrected chi connectivity index (χ0v) is 14.0. The number of hydrogen-bond acceptors (Lipinski definition) is 6. The molecule has 0 aliphatic carbocycles. The Labute approximate surface area is 139 Å². The molecule has 1 aliphatic heterocycles. The Morgan fingerprint density at radius 1 is 1.50 bits per heavy atom. The number of nitrogens with zero attached hydrogens (tertiary/aromatic N) is 3. The zero-order valence-electron chi connectivity index (χ0n) is 14.0. The topological polar surface area (TPSA) is 112 Å². The first-order valence-corrected chi connectivity index (χ1v) is 7.77. The van der Waals surface area contributed by atoms with Crippen LogP contribution >= 0.6 is 0 Å². The predicted molar refractivity (Wildman–Crippen MR) is 86.5 cm³/mol. The average molecular weight is 338 g/mol. The van der Waals surface area contributed by atoms with Crippen molar-refractivity contribution in [1.82, 2.24) is 4.90 Å². The van der Waals surface area contributed by atoms with Crippen molar-refractivity contribution in [3.8, 4) is 0 Å². The summed E-state index contributed by atoms with van der Waals surface area (Å²) in [5.74, 6) is 0. The normalized spacial score (nSPS) is 18.1. The van der Waals surface area contributed by atoms with Gasteiger partial charge in [0, 0.05) is 19.1 Å². The molecule has 0 radical (unpaired) electrons. The smallest absolute Gasteiger partial charge is 0.410 e. The fourth-order valence-corrected chi connectivity index (χ4v) is 2.55. The fraction of sp³-hybridized carbons (Fsp3) is 0.600. The average Bonchev–Trinajstić information content (AvgIpc) is 2.45. The number of anilines is 1. The van der Waals surface area contributed by atoms with Crippen LogP contribution in [0.5, 0.6) is 0 Å². The van der Waals surface area contributed by atoms with Crippen molar-refractivity contribution in [1.29, 1.82) is 0 Å². The van der Waals surface area contributed by atoms with Gasteiger partial charge in [0.15, 0.2) is 11.9 Å². The van der Waals surface area contributed by atoms with Crippen LogP contribution in [-0.2, 0) is 4.74 Å². The first-order valence-electron chi connectivity index (χ1n) is 7.77. The summed E-state index contributed by atoms with van der Waals surface area (Å²) < 4.78 is 5.86. The second kappa shape index (κ2) is 6.90. The number of carbonyl (C=O) groups is 1. The lowest BCUT2D eigenvalue weighted by Crippen LogP contribution is -2.47. The molecule has 1 aromatic heterocycles. The number of hydrogen-bond donors (Lipinski definition) is 1. The molecule has 1 amide bonds. The summed E-state index contributed by atoms with van der Waals surface area (Å²) in [6, 6.07) is 0.969. The molecule has 0 bridgehead atoms. The van der Waals surface area contributed by atoms with E-state index in [-0.39, 0.29) is 17.4 Å². The molecule has 0 spiro atoms. The van der Waals surface area contributed by atoms with Crippen molar-refractivity contribution in [2.75, 3.05) is 18.4 Å². The van der Waals surface area contributed by atoms with Gasteiger partial charge in [-0.25, -0.2) is 4.79 Å². The molecule has 1 saturated heterocycles. The second-order valence-corrected chi connectivity index (χ2v) is 6.77. The van der Waals surface area contributed by atoms with Crippen molar-refractivity contribution < 1.29 is 19.2 Å². The molecule has 24 heavy (non-hydrogen) atoms. The number of likely N-dealkylation sites (tertiary alicyclic amines) is 1. The van der Waals surface area contributed by atoms with Gasteiger partial charge in [0.1, 0.15) is 5.60 Å². The van der Waals surface area contributed by atoms with E-state index in [0.717, 1.165) is 31.3 Å². The lowest BCUT2D eigenvalue weighted by Gasteiger charge is -2.34. The molecule has 0 aromatic carbocycles. The SMILES string of the molecule is CC(C)(C)OC(=O)N1CCCC(Nc2c[n+]([O-])ccc2[N+](=O)[O-])C1. The summed E-state index contributed by atoms with van der Waals surface area (Å²) in [7, 11) is 0. The van der Waals surface area contributed by atoms with Gasteiger partial charge >= 0.3 is 11.8 Å². The summed E-state index contributed by atoms with van der Waals surface area (Å²) in [6.07, 6.45) is 3.29. The maximum atomic E-state index is 12.2. The second-order valence-electron chi connectivity index (χ2n) is 6.77. The van der Waals surface area contributed by atoms with Crippen LogP contribution in [0.1, 0.15) is 33.6 Å². The van der Waals surface area contributed by atoms with E-state index in [9.17, 15) is 20.1 Å². The molecular formula is C15H22N4O5. The number of rotatable bonds is 3. The Morgan fingerprint density at radius 3 is 2.83 bits per heavy atom. The van der Waals surface area contributed by atoms with E-state index >= 15 is 0 Å². The molecule has 1 fully saturated rings. The third-order valence-electron chi connectivity index (χ3n) is 3.54. The van der Waals surface area contributed by atoms with Gasteiger partial charge in [-0.15, -0.1) is 0 Å². The number of nitrogens with one attached hydrogen (secondary N) is 1. The summed E-state index contributed by atoms with van der Waals surface area (Å²) in [5, 5.41) is 25.5. The molecule has 2 heterocycles. The van der Waals surface area contributed by atoms with Crippen LogP contribution in [-0.4, -0.2) is 40.6 Å². The molecule has 9 nitrogen and oxygen atoms in total. The van der Waals surface area contributed by atoms with Crippen LogP contribution in [0.25, 0.3) is 0 Å². The molecule has 1 aliphatic rings. The number of amides is 1. The van der Waals surface area contributed by atoms with Gasteiger partial charge in [-0.3, -0.25) is 10.1 Å². The van der Waals surface area contributed by atoms with Gasteiger partial charge in [-0.05, 0) is 33.6 Å². The Morgan fingerprint density at radius 2 is 2.21 bits per heavy atom. The maximum absolute atomic E-state index is 12.2. The number of aromatic nitrogens is 1. The van der Waals surface area contributed by atoms with Crippen molar-refractivity contribution >= 4 is 17.5 Å². The number of pyridine rings is 1. The van der Waals surface area contributed by atoms with Crippen LogP contribution in [0, 0.1) is 15.3 Å². The molecular weight excluding hydrogens is 316 g/mol. The predicted octanol–water partition coefficient (Wildman–Crippen LogP) is 2.04. The minimum absolute atomic E-state index is 0.147. The molecule has 1 atom stereocenters. The van der Waals surface area contributed by atoms with E-state index in [1.165, 1.54) is 0 Å². The van der Waals surface area contributed by atoms with E-state index in [0.29, 0.717) is 17.8 Å². The minimum Gasteiger partial charge on any atom is -0.619 e. The number of piperidine rings is 1. The highest BCUT2D eigenvalue weighted by Gasteiger charge is 2.29. The third kappa shape index (κ3) is 4.71. The Kier molecular flexibility index (Phi) is 5.10. The van der Waals surface area contributed by atoms with Crippen molar-refractivity contribution in [3.05, 3.63) is 33.8 Å². The van der Waals surface area contributed by atoms with Gasteiger partial charge in [0.2, 0.25) is 6.20 Å². The zero-order chi connectivity index (χ0) is 17.9. The minimum atomic E-state index is -0.580. The first kappa shape index (κ1) is 17.8. The van der Waals surface area contributed by atoms with Crippen molar-refractivity contribution in [2.24, 2.45) is 0 Å². The Balaban J connectivity index is 2.07. The summed E-state index contributed by atoms with van der Waals surface area (Å²) in [6.45, 7) is 6.33. The largest absolute Gasteiger partial charge is 0.619 e. The molecule has 0 saturated carbocycles. The quantitative estimate of drug-likeness (QED) is 0.391. The Hall–Kier alpha value is -2.58. The molecule has 1 unspecified atom stereocenters. The van der Waals surface area contributed by atoms with Crippen LogP contribution < -0.4 is 10.0 Å². The van der Waals surface area contributed by atoms with Gasteiger partial charge in [0.05, 0.1) is 11.0 Å². The van der Waals surface area contributed by atoms with Gasteiger partial charge in [-0.2, -0.15) is 4.73 Å². The first-order chi connectivity index (χ1) is 11.2. The molecule has 2 rings (SSSR count). The summed E-state index contributed by atoms with van der Waals surface area (Å²) in [4.78, 5) is 24.3. The molecule has 1 aromatic rings. The summed E-state index contributed by atoms with van der Waals surface area (Å²) >= 11 is 0. The maximum Gasteiger partial charge on any atom is 0.410 e. The van der Waals surface area contributed by atoms with Gasteiger partial charge < -0.3 is 20.2 Å². The van der Waals surface area contributed by atoms with E-state index in [1.54, 1.807) is 25.7 Å². The lowest BCUT2D eigenvalue weighted by atomic mass is 10.1. The van der Waals surface area contributed by atoms with Crippen LogP contribution in [0.2, 0.25) is 0 Å². The highest BCUT2D eigenvalue weighted by Crippen LogP contribution is 2.25. The lowest BCUT2D eigenvalue weighted by molar-refractivity contribution is -0.605. The van der Waals surface area contributed by atoms with Gasteiger partial charge in [0.25, 0.3) is 0 Å². The highest BCUT2D eigenvalue weighted by molar-refractivity contribution is 5.68. The van der Waals surface area contributed by atoms with Crippen molar-refractivity contribution in [2.45, 2.75) is 45.3 Å². The molecule has 1 N–H and O–H groups in total. The number of nitro groups is 1. The van der Waals surface area contributed by atoms with Crippen LogP contribution in [0.15, 0.2) is 18.5 Å². The molecule has 9 heteroatoms. The fourth-order valence-electron chi connectivity index (χ4n) is 2.55. The Bertz CT molecular complexity index is 629.